The van der Waals surface area contributed by atoms with Crippen LogP contribution in [0.3, 0.4) is 0 Å². The summed E-state index contributed by atoms with van der Waals surface area (Å²) in [6, 6.07) is 44.0. The van der Waals surface area contributed by atoms with E-state index in [-0.39, 0.29) is 6.17 Å². The minimum Gasteiger partial charge on any atom is -0.349 e. The first kappa shape index (κ1) is 26.4. The van der Waals surface area contributed by atoms with Crippen LogP contribution in [0.15, 0.2) is 162 Å². The molecule has 0 amide bonds. The first-order chi connectivity index (χ1) is 21.7. The fourth-order valence-electron chi connectivity index (χ4n) is 7.02. The summed E-state index contributed by atoms with van der Waals surface area (Å²) < 4.78 is 0. The van der Waals surface area contributed by atoms with Gasteiger partial charge in [0.05, 0.1) is 5.71 Å². The van der Waals surface area contributed by atoms with Crippen molar-refractivity contribution in [2.24, 2.45) is 10.9 Å². The van der Waals surface area contributed by atoms with Crippen molar-refractivity contribution < 1.29 is 0 Å². The predicted octanol–water partition coefficient (Wildman–Crippen LogP) is 10.7. The largest absolute Gasteiger partial charge is 0.349 e. The molecule has 0 spiro atoms. The SMILES string of the molecule is CC1CC=CC=C1C1=CC(c2cccc(-c3ccc4c5ccccc5c5ccccc5c4c3)c2)=NC(c2ccccc2)N1C. The molecule has 0 radical (unpaired) electrons. The number of hydrogen-bond donors (Lipinski definition) is 0. The molecule has 0 saturated carbocycles. The molecule has 0 N–H and O–H groups in total. The van der Waals surface area contributed by atoms with Crippen molar-refractivity contribution in [3.05, 3.63) is 168 Å². The lowest BCUT2D eigenvalue weighted by atomic mass is 9.88. The summed E-state index contributed by atoms with van der Waals surface area (Å²) in [4.78, 5) is 7.69. The Labute approximate surface area is 259 Å². The molecule has 2 aliphatic rings. The molecule has 1 aliphatic carbocycles. The Bertz CT molecular complexity index is 2150. The lowest BCUT2D eigenvalue weighted by molar-refractivity contribution is 0.314. The fraction of sp³-hybridized carbons (Fsp3) is 0.119. The second-order valence-corrected chi connectivity index (χ2v) is 12.1. The van der Waals surface area contributed by atoms with Gasteiger partial charge in [0.25, 0.3) is 0 Å². The van der Waals surface area contributed by atoms with Crippen LogP contribution < -0.4 is 0 Å². The average molecular weight is 567 g/mol. The number of allylic oxidation sites excluding steroid dienone is 5. The maximum Gasteiger partial charge on any atom is 0.147 e. The highest BCUT2D eigenvalue weighted by molar-refractivity contribution is 6.25. The van der Waals surface area contributed by atoms with Gasteiger partial charge in [-0.1, -0.05) is 134 Å². The van der Waals surface area contributed by atoms with E-state index in [0.717, 1.165) is 17.7 Å². The van der Waals surface area contributed by atoms with Gasteiger partial charge in [0.15, 0.2) is 0 Å². The molecular formula is C42H34N2. The van der Waals surface area contributed by atoms with Crippen molar-refractivity contribution >= 4 is 38.0 Å². The van der Waals surface area contributed by atoms with Crippen molar-refractivity contribution in [3.63, 3.8) is 0 Å². The molecule has 0 aromatic heterocycles. The molecule has 2 atom stereocenters. The van der Waals surface area contributed by atoms with Crippen LogP contribution in [-0.4, -0.2) is 17.7 Å². The van der Waals surface area contributed by atoms with Gasteiger partial charge in [-0.3, -0.25) is 4.99 Å². The highest BCUT2D eigenvalue weighted by Crippen LogP contribution is 2.39. The molecule has 8 rings (SSSR count). The van der Waals surface area contributed by atoms with Crippen LogP contribution in [0.1, 0.15) is 30.6 Å². The molecule has 1 aliphatic heterocycles. The Morgan fingerprint density at radius 1 is 0.614 bits per heavy atom. The van der Waals surface area contributed by atoms with Gasteiger partial charge < -0.3 is 4.90 Å². The predicted molar refractivity (Wildman–Crippen MR) is 187 cm³/mol. The molecule has 0 saturated heterocycles. The molecule has 2 unspecified atom stereocenters. The van der Waals surface area contributed by atoms with E-state index >= 15 is 0 Å². The standard InChI is InChI=1S/C42H34N2/c1-28-13-6-7-18-33(28)41-27-40(43-42(44(41)2)29-14-4-3-5-15-29)32-17-12-16-30(25-32)31-23-24-38-36-21-9-8-19-34(36)35-20-10-11-22-37(35)39(38)26-31/h3-12,14-28,42H,13H2,1-2H3. The van der Waals surface area contributed by atoms with Gasteiger partial charge in [-0.15, -0.1) is 0 Å². The summed E-state index contributed by atoms with van der Waals surface area (Å²) in [6.45, 7) is 2.32. The van der Waals surface area contributed by atoms with Crippen LogP contribution in [0.4, 0.5) is 0 Å². The second kappa shape index (κ2) is 10.8. The minimum absolute atomic E-state index is 0.0887. The zero-order valence-electron chi connectivity index (χ0n) is 25.1. The monoisotopic (exact) mass is 566 g/mol. The molecule has 0 fully saturated rings. The molecule has 2 heteroatoms. The van der Waals surface area contributed by atoms with E-state index in [1.54, 1.807) is 0 Å². The van der Waals surface area contributed by atoms with Crippen LogP contribution in [0.2, 0.25) is 0 Å². The number of fused-ring (bicyclic) bond motifs is 6. The summed E-state index contributed by atoms with van der Waals surface area (Å²) in [5, 5.41) is 7.78. The number of aliphatic imine (C=N–C) groups is 1. The van der Waals surface area contributed by atoms with E-state index in [4.69, 9.17) is 4.99 Å². The van der Waals surface area contributed by atoms with Gasteiger partial charge in [-0.2, -0.15) is 0 Å². The zero-order chi connectivity index (χ0) is 29.6. The topological polar surface area (TPSA) is 15.6 Å². The number of benzene rings is 6. The van der Waals surface area contributed by atoms with Crippen LogP contribution in [0.5, 0.6) is 0 Å². The highest BCUT2D eigenvalue weighted by atomic mass is 15.2. The summed E-state index contributed by atoms with van der Waals surface area (Å²) in [6.07, 6.45) is 10.00. The van der Waals surface area contributed by atoms with E-state index in [2.05, 4.69) is 165 Å². The summed E-state index contributed by atoms with van der Waals surface area (Å²) >= 11 is 0. The number of hydrogen-bond acceptors (Lipinski definition) is 2. The van der Waals surface area contributed by atoms with Crippen molar-refractivity contribution in [2.75, 3.05) is 7.05 Å². The lowest BCUT2D eigenvalue weighted by Crippen LogP contribution is -2.30. The Morgan fingerprint density at radius 3 is 1.93 bits per heavy atom. The van der Waals surface area contributed by atoms with Crippen LogP contribution in [-0.2, 0) is 0 Å². The van der Waals surface area contributed by atoms with Gasteiger partial charge >= 0.3 is 0 Å². The zero-order valence-corrected chi connectivity index (χ0v) is 25.1. The van der Waals surface area contributed by atoms with Gasteiger partial charge in [0.1, 0.15) is 6.17 Å². The summed E-state index contributed by atoms with van der Waals surface area (Å²) in [5.41, 5.74) is 8.38. The summed E-state index contributed by atoms with van der Waals surface area (Å²) in [5.74, 6) is 0.458. The molecule has 0 bridgehead atoms. The maximum absolute atomic E-state index is 5.35. The van der Waals surface area contributed by atoms with E-state index in [1.807, 2.05) is 0 Å². The van der Waals surface area contributed by atoms with Gasteiger partial charge in [0, 0.05) is 18.3 Å². The Hall–Kier alpha value is -5.21. The van der Waals surface area contributed by atoms with Crippen molar-refractivity contribution in [1.82, 2.24) is 4.90 Å². The van der Waals surface area contributed by atoms with Crippen molar-refractivity contribution in [3.8, 4) is 11.1 Å². The Morgan fingerprint density at radius 2 is 1.23 bits per heavy atom. The van der Waals surface area contributed by atoms with Crippen LogP contribution >= 0.6 is 0 Å². The first-order valence-corrected chi connectivity index (χ1v) is 15.5. The third-order valence-electron chi connectivity index (χ3n) is 9.34. The second-order valence-electron chi connectivity index (χ2n) is 12.1. The quantitative estimate of drug-likeness (QED) is 0.194. The molecule has 6 aromatic carbocycles. The van der Waals surface area contributed by atoms with Crippen LogP contribution in [0, 0.1) is 5.92 Å². The third-order valence-corrected chi connectivity index (χ3v) is 9.34. The van der Waals surface area contributed by atoms with Gasteiger partial charge in [-0.05, 0) is 85.1 Å². The molecular weight excluding hydrogens is 532 g/mol. The summed E-state index contributed by atoms with van der Waals surface area (Å²) in [7, 11) is 2.18. The first-order valence-electron chi connectivity index (χ1n) is 15.5. The maximum atomic E-state index is 5.35. The lowest BCUT2D eigenvalue weighted by Gasteiger charge is -2.36. The normalized spacial score (nSPS) is 18.4. The molecule has 212 valence electrons. The Balaban J connectivity index is 1.27. The van der Waals surface area contributed by atoms with Gasteiger partial charge in [-0.25, -0.2) is 0 Å². The van der Waals surface area contributed by atoms with E-state index in [1.165, 1.54) is 60.3 Å². The number of likely N-dealkylation sites (N-methyl/N-ethyl adjacent to an activating group) is 1. The van der Waals surface area contributed by atoms with Crippen LogP contribution in [0.25, 0.3) is 43.4 Å². The van der Waals surface area contributed by atoms with Crippen molar-refractivity contribution in [1.29, 1.82) is 0 Å². The molecule has 44 heavy (non-hydrogen) atoms. The highest BCUT2D eigenvalue weighted by Gasteiger charge is 2.28. The van der Waals surface area contributed by atoms with E-state index in [0.29, 0.717) is 5.92 Å². The fourth-order valence-corrected chi connectivity index (χ4v) is 7.02. The smallest absolute Gasteiger partial charge is 0.147 e. The van der Waals surface area contributed by atoms with Crippen molar-refractivity contribution in [2.45, 2.75) is 19.5 Å². The molecule has 1 heterocycles. The molecule has 2 nitrogen and oxygen atoms in total. The minimum atomic E-state index is -0.0887. The third kappa shape index (κ3) is 4.46. The number of nitrogens with zero attached hydrogens (tertiary/aromatic N) is 2. The molecule has 6 aromatic rings. The average Bonchev–Trinajstić information content (AvgIpc) is 3.09. The van der Waals surface area contributed by atoms with Gasteiger partial charge in [0.2, 0.25) is 0 Å². The number of rotatable bonds is 4. The Kier molecular flexibility index (Phi) is 6.49. The van der Waals surface area contributed by atoms with E-state index in [9.17, 15) is 0 Å². The van der Waals surface area contributed by atoms with E-state index < -0.39 is 0 Å².